The maximum absolute atomic E-state index is 11.8. The van der Waals surface area contributed by atoms with Crippen LogP contribution in [-0.2, 0) is 19.4 Å². The minimum atomic E-state index is -3.61. The molecule has 0 spiro atoms. The molecule has 4 nitrogen and oxygen atoms in total. The Morgan fingerprint density at radius 2 is 1.71 bits per heavy atom. The number of sulfone groups is 1. The van der Waals surface area contributed by atoms with Crippen molar-refractivity contribution < 1.29 is 17.9 Å². The first-order chi connectivity index (χ1) is 7.71. The third kappa shape index (κ3) is 4.56. The molecule has 0 heterocycles. The second kappa shape index (κ2) is 4.87. The number of hydrogen-bond donors (Lipinski definition) is 0. The summed E-state index contributed by atoms with van der Waals surface area (Å²) < 4.78 is 28.6. The van der Waals surface area contributed by atoms with Crippen molar-refractivity contribution in [3.8, 4) is 0 Å². The summed E-state index contributed by atoms with van der Waals surface area (Å²) >= 11 is 0. The fourth-order valence-electron chi connectivity index (χ4n) is 1.24. The average molecular weight is 256 g/mol. The van der Waals surface area contributed by atoms with Gasteiger partial charge in [-0.1, -0.05) is 18.2 Å². The first-order valence-electron chi connectivity index (χ1n) is 5.20. The molecule has 0 saturated heterocycles. The van der Waals surface area contributed by atoms with E-state index < -0.39 is 27.2 Å². The number of carbonyl (C=O) groups is 1. The summed E-state index contributed by atoms with van der Waals surface area (Å²) in [5.74, 6) is -1.37. The molecule has 0 aromatic heterocycles. The van der Waals surface area contributed by atoms with Gasteiger partial charge in [0.25, 0.3) is 0 Å². The molecule has 0 amide bonds. The fraction of sp³-hybridized carbons (Fsp3) is 0.417. The Bertz CT molecular complexity index is 483. The molecule has 0 aliphatic rings. The highest BCUT2D eigenvalue weighted by Crippen LogP contribution is 2.13. The van der Waals surface area contributed by atoms with Gasteiger partial charge in [0.15, 0.2) is 15.6 Å². The minimum absolute atomic E-state index is 0.130. The van der Waals surface area contributed by atoms with Gasteiger partial charge in [-0.15, -0.1) is 0 Å². The summed E-state index contributed by atoms with van der Waals surface area (Å²) in [6.07, 6.45) is 0. The second-order valence-corrected chi connectivity index (χ2v) is 6.65. The standard InChI is InChI=1S/C12H16O4S/c1-12(2,3)16-11(13)9-17(14,15)10-7-5-4-6-8-10/h4-8H,9H2,1-3H3. The zero-order valence-electron chi connectivity index (χ0n) is 10.1. The third-order valence-corrected chi connectivity index (χ3v) is 3.44. The number of ether oxygens (including phenoxy) is 1. The van der Waals surface area contributed by atoms with Crippen molar-refractivity contribution in [1.29, 1.82) is 0 Å². The van der Waals surface area contributed by atoms with Crippen LogP contribution in [-0.4, -0.2) is 25.7 Å². The van der Waals surface area contributed by atoms with E-state index in [4.69, 9.17) is 4.74 Å². The lowest BCUT2D eigenvalue weighted by molar-refractivity contribution is -0.151. The van der Waals surface area contributed by atoms with Crippen molar-refractivity contribution >= 4 is 15.8 Å². The molecular formula is C12H16O4S. The second-order valence-electron chi connectivity index (χ2n) is 4.66. The predicted octanol–water partition coefficient (Wildman–Crippen LogP) is 1.80. The van der Waals surface area contributed by atoms with Gasteiger partial charge in [0, 0.05) is 0 Å². The van der Waals surface area contributed by atoms with E-state index in [-0.39, 0.29) is 4.90 Å². The highest BCUT2D eigenvalue weighted by Gasteiger charge is 2.23. The summed E-state index contributed by atoms with van der Waals surface area (Å²) in [4.78, 5) is 11.6. The van der Waals surface area contributed by atoms with Crippen molar-refractivity contribution in [2.45, 2.75) is 31.3 Å². The van der Waals surface area contributed by atoms with Crippen LogP contribution in [0.1, 0.15) is 20.8 Å². The Labute approximate surface area is 102 Å². The minimum Gasteiger partial charge on any atom is -0.459 e. The summed E-state index contributed by atoms with van der Waals surface area (Å²) in [6, 6.07) is 7.86. The number of esters is 1. The van der Waals surface area contributed by atoms with Gasteiger partial charge >= 0.3 is 5.97 Å². The van der Waals surface area contributed by atoms with Crippen molar-refractivity contribution in [1.82, 2.24) is 0 Å². The Morgan fingerprint density at radius 1 is 1.18 bits per heavy atom. The van der Waals surface area contributed by atoms with Gasteiger partial charge in [0.2, 0.25) is 0 Å². The maximum atomic E-state index is 11.8. The molecule has 0 aliphatic carbocycles. The van der Waals surface area contributed by atoms with Crippen molar-refractivity contribution in [2.75, 3.05) is 5.75 Å². The van der Waals surface area contributed by atoms with Gasteiger partial charge in [-0.25, -0.2) is 8.42 Å². The number of rotatable bonds is 3. The Hall–Kier alpha value is -1.36. The van der Waals surface area contributed by atoms with Crippen molar-refractivity contribution in [3.63, 3.8) is 0 Å². The lowest BCUT2D eigenvalue weighted by Gasteiger charge is -2.19. The Balaban J connectivity index is 2.79. The largest absolute Gasteiger partial charge is 0.459 e. The van der Waals surface area contributed by atoms with E-state index in [1.54, 1.807) is 39.0 Å². The number of carbonyl (C=O) groups excluding carboxylic acids is 1. The molecule has 0 aliphatic heterocycles. The predicted molar refractivity (Wildman–Crippen MR) is 64.3 cm³/mol. The molecule has 0 N–H and O–H groups in total. The first kappa shape index (κ1) is 13.7. The normalized spacial score (nSPS) is 12.2. The summed E-state index contributed by atoms with van der Waals surface area (Å²) in [7, 11) is -3.61. The fourth-order valence-corrected chi connectivity index (χ4v) is 2.34. The molecule has 0 radical (unpaired) electrons. The summed E-state index contributed by atoms with van der Waals surface area (Å²) in [5.41, 5.74) is -0.677. The van der Waals surface area contributed by atoms with Gasteiger partial charge in [-0.05, 0) is 32.9 Å². The van der Waals surface area contributed by atoms with E-state index in [1.807, 2.05) is 0 Å². The zero-order valence-corrected chi connectivity index (χ0v) is 11.0. The molecule has 1 aromatic rings. The van der Waals surface area contributed by atoms with Gasteiger partial charge in [-0.3, -0.25) is 4.79 Å². The molecule has 0 bridgehead atoms. The highest BCUT2D eigenvalue weighted by atomic mass is 32.2. The molecule has 5 heteroatoms. The smallest absolute Gasteiger partial charge is 0.322 e. The van der Waals surface area contributed by atoms with Crippen LogP contribution in [0.3, 0.4) is 0 Å². The summed E-state index contributed by atoms with van der Waals surface area (Å²) in [5, 5.41) is 0. The van der Waals surface area contributed by atoms with Crippen LogP contribution in [0.4, 0.5) is 0 Å². The topological polar surface area (TPSA) is 60.4 Å². The monoisotopic (exact) mass is 256 g/mol. The molecule has 0 fully saturated rings. The Morgan fingerprint density at radius 3 is 2.18 bits per heavy atom. The van der Waals surface area contributed by atoms with Gasteiger partial charge in [0.05, 0.1) is 4.90 Å². The molecule has 0 unspecified atom stereocenters. The SMILES string of the molecule is CC(C)(C)OC(=O)CS(=O)(=O)c1ccccc1. The van der Waals surface area contributed by atoms with E-state index >= 15 is 0 Å². The van der Waals surface area contributed by atoms with Crippen LogP contribution in [0.5, 0.6) is 0 Å². The first-order valence-corrected chi connectivity index (χ1v) is 6.86. The molecule has 1 rings (SSSR count). The number of benzene rings is 1. The van der Waals surface area contributed by atoms with Gasteiger partial charge in [-0.2, -0.15) is 0 Å². The van der Waals surface area contributed by atoms with E-state index in [2.05, 4.69) is 0 Å². The van der Waals surface area contributed by atoms with Crippen LogP contribution < -0.4 is 0 Å². The van der Waals surface area contributed by atoms with Crippen LogP contribution in [0.25, 0.3) is 0 Å². The quantitative estimate of drug-likeness (QED) is 0.774. The van der Waals surface area contributed by atoms with Crippen molar-refractivity contribution in [3.05, 3.63) is 30.3 Å². The van der Waals surface area contributed by atoms with Crippen LogP contribution in [0.2, 0.25) is 0 Å². The van der Waals surface area contributed by atoms with E-state index in [1.165, 1.54) is 12.1 Å². The molecule has 0 atom stereocenters. The van der Waals surface area contributed by atoms with Crippen LogP contribution >= 0.6 is 0 Å². The molecular weight excluding hydrogens is 240 g/mol. The molecule has 1 aromatic carbocycles. The third-order valence-electron chi connectivity index (χ3n) is 1.83. The van der Waals surface area contributed by atoms with E-state index in [0.29, 0.717) is 0 Å². The van der Waals surface area contributed by atoms with E-state index in [0.717, 1.165) is 0 Å². The van der Waals surface area contributed by atoms with Gasteiger partial charge in [0.1, 0.15) is 5.60 Å². The zero-order chi connectivity index (χ0) is 13.1. The Kier molecular flexibility index (Phi) is 3.93. The number of hydrogen-bond acceptors (Lipinski definition) is 4. The summed E-state index contributed by atoms with van der Waals surface area (Å²) in [6.45, 7) is 5.08. The lowest BCUT2D eigenvalue weighted by atomic mass is 10.2. The molecule has 94 valence electrons. The van der Waals surface area contributed by atoms with Gasteiger partial charge < -0.3 is 4.74 Å². The highest BCUT2D eigenvalue weighted by molar-refractivity contribution is 7.92. The van der Waals surface area contributed by atoms with Crippen molar-refractivity contribution in [2.24, 2.45) is 0 Å². The van der Waals surface area contributed by atoms with E-state index in [9.17, 15) is 13.2 Å². The molecule has 0 saturated carbocycles. The van der Waals surface area contributed by atoms with Crippen LogP contribution in [0.15, 0.2) is 35.2 Å². The van der Waals surface area contributed by atoms with Crippen LogP contribution in [0, 0.1) is 0 Å². The lowest BCUT2D eigenvalue weighted by Crippen LogP contribution is -2.28. The molecule has 17 heavy (non-hydrogen) atoms. The maximum Gasteiger partial charge on any atom is 0.322 e. The average Bonchev–Trinajstić information content (AvgIpc) is 2.15.